The Balaban J connectivity index is 1.72. The van der Waals surface area contributed by atoms with Crippen LogP contribution in [0.25, 0.3) is 0 Å². The zero-order valence-electron chi connectivity index (χ0n) is 19.3. The van der Waals surface area contributed by atoms with E-state index in [1.165, 1.54) is 17.0 Å². The first-order valence-electron chi connectivity index (χ1n) is 11.5. The van der Waals surface area contributed by atoms with Gasteiger partial charge in [-0.15, -0.1) is 11.3 Å². The number of carbonyl (C=O) groups excluding carboxylic acids is 1. The second kappa shape index (κ2) is 11.8. The highest BCUT2D eigenvalue weighted by molar-refractivity contribution is 7.10. The molecule has 0 saturated carbocycles. The summed E-state index contributed by atoms with van der Waals surface area (Å²) in [5, 5.41) is 12.2. The maximum Gasteiger partial charge on any atom is 0.237 e. The molecule has 2 unspecified atom stereocenters. The monoisotopic (exact) mass is 462 g/mol. The highest BCUT2D eigenvalue weighted by Crippen LogP contribution is 2.34. The van der Waals surface area contributed by atoms with E-state index in [0.717, 1.165) is 24.9 Å². The number of ether oxygens (including phenoxy) is 1. The minimum atomic E-state index is -0.438. The zero-order chi connectivity index (χ0) is 23.1. The van der Waals surface area contributed by atoms with E-state index >= 15 is 0 Å². The number of rotatable bonds is 11. The van der Waals surface area contributed by atoms with Crippen LogP contribution in [0.4, 0.5) is 4.39 Å². The van der Waals surface area contributed by atoms with Crippen molar-refractivity contribution in [3.63, 3.8) is 0 Å². The average Bonchev–Trinajstić information content (AvgIpc) is 3.24. The third-order valence-corrected chi connectivity index (χ3v) is 6.94. The van der Waals surface area contributed by atoms with Crippen LogP contribution in [0.3, 0.4) is 0 Å². The van der Waals surface area contributed by atoms with Crippen LogP contribution in [0.2, 0.25) is 0 Å². The van der Waals surface area contributed by atoms with Crippen LogP contribution in [0.1, 0.15) is 50.1 Å². The number of aliphatic hydroxyl groups excluding tert-OH is 1. The van der Waals surface area contributed by atoms with E-state index in [-0.39, 0.29) is 30.9 Å². The molecule has 0 aliphatic carbocycles. The number of benzene rings is 1. The van der Waals surface area contributed by atoms with Crippen molar-refractivity contribution in [2.45, 2.75) is 52.2 Å². The fraction of sp³-hybridized carbons (Fsp3) is 0.560. The second-order valence-corrected chi connectivity index (χ2v) is 9.90. The Morgan fingerprint density at radius 1 is 1.38 bits per heavy atom. The Hall–Kier alpha value is -1.96. The number of carbonyl (C=O) groups is 1. The molecule has 1 aromatic heterocycles. The molecule has 32 heavy (non-hydrogen) atoms. The first kappa shape index (κ1) is 24.7. The topological polar surface area (TPSA) is 53.0 Å². The Morgan fingerprint density at radius 3 is 2.91 bits per heavy atom. The van der Waals surface area contributed by atoms with E-state index in [1.807, 2.05) is 11.8 Å². The molecule has 1 aromatic carbocycles. The van der Waals surface area contributed by atoms with E-state index in [2.05, 4.69) is 30.2 Å². The highest BCUT2D eigenvalue weighted by atomic mass is 32.1. The Labute approximate surface area is 194 Å². The molecule has 0 saturated heterocycles. The molecule has 5 nitrogen and oxygen atoms in total. The molecule has 3 rings (SSSR count). The van der Waals surface area contributed by atoms with Gasteiger partial charge in [0.15, 0.2) is 0 Å². The summed E-state index contributed by atoms with van der Waals surface area (Å²) in [5.74, 6) is 0.693. The van der Waals surface area contributed by atoms with Gasteiger partial charge >= 0.3 is 0 Å². The fourth-order valence-corrected chi connectivity index (χ4v) is 4.92. The van der Waals surface area contributed by atoms with Crippen LogP contribution in [-0.2, 0) is 11.2 Å². The number of nitrogens with zero attached hydrogens (tertiary/aromatic N) is 2. The maximum atomic E-state index is 13.6. The summed E-state index contributed by atoms with van der Waals surface area (Å²) in [6, 6.07) is 7.96. The van der Waals surface area contributed by atoms with Gasteiger partial charge in [-0.05, 0) is 60.9 Å². The van der Waals surface area contributed by atoms with E-state index in [9.17, 15) is 14.3 Å². The number of fused-ring (bicyclic) bond motifs is 1. The molecule has 0 fully saturated rings. The predicted molar refractivity (Wildman–Crippen MR) is 127 cm³/mol. The largest absolute Gasteiger partial charge is 0.491 e. The molecular weight excluding hydrogens is 427 g/mol. The lowest BCUT2D eigenvalue weighted by molar-refractivity contribution is -0.136. The van der Waals surface area contributed by atoms with Crippen molar-refractivity contribution in [2.75, 3.05) is 32.8 Å². The van der Waals surface area contributed by atoms with Crippen molar-refractivity contribution < 1.29 is 19.0 Å². The van der Waals surface area contributed by atoms with Crippen molar-refractivity contribution >= 4 is 17.2 Å². The first-order valence-corrected chi connectivity index (χ1v) is 12.4. The Bertz CT molecular complexity index is 872. The molecule has 1 amide bonds. The molecular formula is C25H35FN2O3S. The molecule has 2 atom stereocenters. The van der Waals surface area contributed by atoms with Gasteiger partial charge < -0.3 is 14.7 Å². The molecule has 1 N–H and O–H groups in total. The first-order chi connectivity index (χ1) is 15.4. The van der Waals surface area contributed by atoms with Gasteiger partial charge in [0.25, 0.3) is 0 Å². The van der Waals surface area contributed by atoms with Crippen LogP contribution < -0.4 is 4.74 Å². The Morgan fingerprint density at radius 2 is 2.19 bits per heavy atom. The quantitative estimate of drug-likeness (QED) is 0.534. The van der Waals surface area contributed by atoms with Gasteiger partial charge in [0.2, 0.25) is 5.91 Å². The number of thiophene rings is 1. The standard InChI is InChI=1S/C25H35FN2O3S/c1-4-20(29)15-27(11-8-18(2)3)16-25(30)28-12-9-24-22(10-13-32-24)23(28)17-31-21-7-5-6-19(26)14-21/h5-7,10,13-14,18,20,23,29H,4,8-9,11-12,15-17H2,1-3H3. The fourth-order valence-electron chi connectivity index (χ4n) is 3.99. The van der Waals surface area contributed by atoms with Gasteiger partial charge in [0, 0.05) is 24.0 Å². The molecule has 0 spiro atoms. The van der Waals surface area contributed by atoms with E-state index in [4.69, 9.17) is 4.74 Å². The molecule has 1 aliphatic heterocycles. The van der Waals surface area contributed by atoms with Gasteiger partial charge in [-0.3, -0.25) is 9.69 Å². The number of amides is 1. The van der Waals surface area contributed by atoms with Crippen LogP contribution in [0.15, 0.2) is 35.7 Å². The third-order valence-electron chi connectivity index (χ3n) is 5.94. The summed E-state index contributed by atoms with van der Waals surface area (Å²) in [6.07, 6.45) is 2.04. The normalized spacial score (nSPS) is 17.0. The lowest BCUT2D eigenvalue weighted by Gasteiger charge is -2.37. The van der Waals surface area contributed by atoms with Crippen LogP contribution in [0, 0.1) is 11.7 Å². The highest BCUT2D eigenvalue weighted by Gasteiger charge is 2.33. The molecule has 0 bridgehead atoms. The molecule has 176 valence electrons. The van der Waals surface area contributed by atoms with Crippen molar-refractivity contribution in [2.24, 2.45) is 5.92 Å². The van der Waals surface area contributed by atoms with Gasteiger partial charge in [-0.25, -0.2) is 4.39 Å². The summed E-state index contributed by atoms with van der Waals surface area (Å²) in [5.41, 5.74) is 1.12. The summed E-state index contributed by atoms with van der Waals surface area (Å²) in [6.45, 7) is 8.76. The molecule has 7 heteroatoms. The lowest BCUT2D eigenvalue weighted by atomic mass is 10.00. The summed E-state index contributed by atoms with van der Waals surface area (Å²) in [7, 11) is 0. The maximum absolute atomic E-state index is 13.6. The number of hydrogen-bond acceptors (Lipinski definition) is 5. The van der Waals surface area contributed by atoms with Crippen molar-refractivity contribution in [3.05, 3.63) is 52.0 Å². The SMILES string of the molecule is CCC(O)CN(CCC(C)C)CC(=O)N1CCc2sccc2C1COc1cccc(F)c1. The van der Waals surface area contributed by atoms with E-state index in [1.54, 1.807) is 23.5 Å². The third kappa shape index (κ3) is 6.77. The summed E-state index contributed by atoms with van der Waals surface area (Å²) >= 11 is 1.71. The second-order valence-electron chi connectivity index (χ2n) is 8.90. The van der Waals surface area contributed by atoms with E-state index < -0.39 is 6.10 Å². The van der Waals surface area contributed by atoms with Gasteiger partial charge in [0.1, 0.15) is 18.2 Å². The number of halogens is 1. The Kier molecular flexibility index (Phi) is 9.08. The number of hydrogen-bond donors (Lipinski definition) is 1. The predicted octanol–water partition coefficient (Wildman–Crippen LogP) is 4.51. The molecule has 0 radical (unpaired) electrons. The van der Waals surface area contributed by atoms with Gasteiger partial charge in [-0.2, -0.15) is 0 Å². The number of aliphatic hydroxyl groups is 1. The van der Waals surface area contributed by atoms with E-state index in [0.29, 0.717) is 31.2 Å². The minimum Gasteiger partial charge on any atom is -0.491 e. The van der Waals surface area contributed by atoms with Crippen molar-refractivity contribution in [1.82, 2.24) is 9.80 Å². The smallest absolute Gasteiger partial charge is 0.237 e. The lowest BCUT2D eigenvalue weighted by Crippen LogP contribution is -2.48. The minimum absolute atomic E-state index is 0.0433. The summed E-state index contributed by atoms with van der Waals surface area (Å²) < 4.78 is 19.5. The summed E-state index contributed by atoms with van der Waals surface area (Å²) in [4.78, 5) is 18.7. The van der Waals surface area contributed by atoms with Gasteiger partial charge in [0.05, 0.1) is 18.7 Å². The molecule has 2 aromatic rings. The molecule has 1 aliphatic rings. The van der Waals surface area contributed by atoms with Crippen LogP contribution >= 0.6 is 11.3 Å². The van der Waals surface area contributed by atoms with Crippen LogP contribution in [-0.4, -0.2) is 59.7 Å². The molecule has 2 heterocycles. The van der Waals surface area contributed by atoms with Crippen LogP contribution in [0.5, 0.6) is 5.75 Å². The van der Waals surface area contributed by atoms with Gasteiger partial charge in [-0.1, -0.05) is 26.8 Å². The van der Waals surface area contributed by atoms with Crippen molar-refractivity contribution in [3.8, 4) is 5.75 Å². The average molecular weight is 463 g/mol. The van der Waals surface area contributed by atoms with Crippen molar-refractivity contribution in [1.29, 1.82) is 0 Å². The zero-order valence-corrected chi connectivity index (χ0v) is 20.1.